The first-order chi connectivity index (χ1) is 15.1. The second-order valence-electron chi connectivity index (χ2n) is 6.72. The summed E-state index contributed by atoms with van der Waals surface area (Å²) in [5, 5.41) is 12.6. The Kier molecular flexibility index (Phi) is 6.85. The zero-order valence-corrected chi connectivity index (χ0v) is 18.8. The first kappa shape index (κ1) is 21.3. The highest BCUT2D eigenvalue weighted by molar-refractivity contribution is 7.99. The van der Waals surface area contributed by atoms with Gasteiger partial charge in [-0.15, -0.1) is 11.3 Å². The molecular formula is C20H23N7O2S2. The number of rotatable bonds is 7. The van der Waals surface area contributed by atoms with Crippen LogP contribution in [-0.2, 0) is 4.79 Å². The van der Waals surface area contributed by atoms with Crippen molar-refractivity contribution in [3.05, 3.63) is 35.8 Å². The molecule has 1 amide bonds. The Morgan fingerprint density at radius 3 is 2.65 bits per heavy atom. The van der Waals surface area contributed by atoms with Crippen LogP contribution in [0.5, 0.6) is 5.75 Å². The van der Waals surface area contributed by atoms with Crippen molar-refractivity contribution in [2.45, 2.75) is 17.0 Å². The third-order valence-corrected chi connectivity index (χ3v) is 6.05. The Bertz CT molecular complexity index is 1020. The Labute approximate surface area is 188 Å². The average molecular weight is 458 g/mol. The zero-order valence-electron chi connectivity index (χ0n) is 17.2. The average Bonchev–Trinajstić information content (AvgIpc) is 3.28. The first-order valence-corrected chi connectivity index (χ1v) is 11.5. The summed E-state index contributed by atoms with van der Waals surface area (Å²) in [6.45, 7) is 4.92. The van der Waals surface area contributed by atoms with E-state index in [0.29, 0.717) is 16.7 Å². The van der Waals surface area contributed by atoms with Gasteiger partial charge in [0.15, 0.2) is 21.9 Å². The van der Waals surface area contributed by atoms with E-state index in [2.05, 4.69) is 25.8 Å². The fourth-order valence-corrected chi connectivity index (χ4v) is 4.41. The van der Waals surface area contributed by atoms with E-state index < -0.39 is 0 Å². The predicted octanol–water partition coefficient (Wildman–Crippen LogP) is 3.20. The third kappa shape index (κ3) is 5.43. The molecule has 0 aliphatic carbocycles. The van der Waals surface area contributed by atoms with Crippen LogP contribution in [0, 0.1) is 0 Å². The quantitative estimate of drug-likeness (QED) is 0.461. The van der Waals surface area contributed by atoms with E-state index in [1.54, 1.807) is 13.3 Å². The number of hydrogen-bond acceptors (Lipinski definition) is 10. The number of thiazole rings is 1. The first-order valence-electron chi connectivity index (χ1n) is 9.76. The van der Waals surface area contributed by atoms with Gasteiger partial charge in [0, 0.05) is 55.3 Å². The van der Waals surface area contributed by atoms with Crippen molar-refractivity contribution >= 4 is 51.5 Å². The molecule has 9 nitrogen and oxygen atoms in total. The molecule has 0 radical (unpaired) electrons. The molecule has 162 valence electrons. The summed E-state index contributed by atoms with van der Waals surface area (Å²) in [6.07, 6.45) is 1.74. The van der Waals surface area contributed by atoms with E-state index in [1.807, 2.05) is 29.6 Å². The summed E-state index contributed by atoms with van der Waals surface area (Å²) in [4.78, 5) is 28.2. The summed E-state index contributed by atoms with van der Waals surface area (Å²) in [5.74, 6) is 1.84. The molecule has 0 unspecified atom stereocenters. The maximum absolute atomic E-state index is 11.2. The van der Waals surface area contributed by atoms with Gasteiger partial charge >= 0.3 is 0 Å². The van der Waals surface area contributed by atoms with Crippen LogP contribution in [0.2, 0.25) is 0 Å². The minimum Gasteiger partial charge on any atom is -0.490 e. The SMILES string of the molecule is COc1c(Nc2nccs2)nc(Sc2ccc(NC(C)=O)cc2)nc1N1CCNCC1. The Morgan fingerprint density at radius 2 is 2.00 bits per heavy atom. The van der Waals surface area contributed by atoms with Crippen molar-refractivity contribution < 1.29 is 9.53 Å². The lowest BCUT2D eigenvalue weighted by Crippen LogP contribution is -2.44. The van der Waals surface area contributed by atoms with E-state index in [0.717, 1.165) is 47.7 Å². The van der Waals surface area contributed by atoms with Crippen LogP contribution in [0.25, 0.3) is 0 Å². The van der Waals surface area contributed by atoms with E-state index in [1.165, 1.54) is 30.0 Å². The van der Waals surface area contributed by atoms with Crippen LogP contribution in [0.4, 0.5) is 22.5 Å². The minimum atomic E-state index is -0.0996. The van der Waals surface area contributed by atoms with Crippen LogP contribution in [0.15, 0.2) is 45.9 Å². The zero-order chi connectivity index (χ0) is 21.6. The molecule has 1 saturated heterocycles. The van der Waals surface area contributed by atoms with Gasteiger partial charge in [-0.2, -0.15) is 0 Å². The molecule has 11 heteroatoms. The number of nitrogens with one attached hydrogen (secondary N) is 3. The van der Waals surface area contributed by atoms with Gasteiger partial charge in [0.05, 0.1) is 7.11 Å². The molecule has 1 aliphatic rings. The van der Waals surface area contributed by atoms with Gasteiger partial charge in [-0.3, -0.25) is 4.79 Å². The van der Waals surface area contributed by atoms with Crippen molar-refractivity contribution in [1.82, 2.24) is 20.3 Å². The number of amides is 1. The van der Waals surface area contributed by atoms with Gasteiger partial charge in [0.25, 0.3) is 0 Å². The van der Waals surface area contributed by atoms with Crippen LogP contribution in [-0.4, -0.2) is 54.1 Å². The predicted molar refractivity (Wildman–Crippen MR) is 124 cm³/mol. The van der Waals surface area contributed by atoms with Gasteiger partial charge in [-0.25, -0.2) is 15.0 Å². The van der Waals surface area contributed by atoms with Gasteiger partial charge < -0.3 is 25.6 Å². The molecule has 2 aromatic heterocycles. The number of benzene rings is 1. The number of anilines is 4. The summed E-state index contributed by atoms with van der Waals surface area (Å²) in [7, 11) is 1.63. The number of methoxy groups -OCH3 is 1. The van der Waals surface area contributed by atoms with Crippen molar-refractivity contribution in [1.29, 1.82) is 0 Å². The van der Waals surface area contributed by atoms with Crippen molar-refractivity contribution in [2.75, 3.05) is 48.8 Å². The topological polar surface area (TPSA) is 104 Å². The lowest BCUT2D eigenvalue weighted by molar-refractivity contribution is -0.114. The number of ether oxygens (including phenoxy) is 1. The second-order valence-corrected chi connectivity index (χ2v) is 8.65. The maximum atomic E-state index is 11.2. The van der Waals surface area contributed by atoms with Crippen molar-refractivity contribution in [3.63, 3.8) is 0 Å². The summed E-state index contributed by atoms with van der Waals surface area (Å²) in [6, 6.07) is 7.59. The summed E-state index contributed by atoms with van der Waals surface area (Å²) in [5.41, 5.74) is 0.750. The second kappa shape index (κ2) is 9.94. The Balaban J connectivity index is 1.66. The van der Waals surface area contributed by atoms with Crippen LogP contribution >= 0.6 is 23.1 Å². The molecule has 0 atom stereocenters. The molecular weight excluding hydrogens is 434 g/mol. The maximum Gasteiger partial charge on any atom is 0.221 e. The molecule has 3 N–H and O–H groups in total. The van der Waals surface area contributed by atoms with E-state index in [9.17, 15) is 4.79 Å². The lowest BCUT2D eigenvalue weighted by Gasteiger charge is -2.30. The molecule has 1 fully saturated rings. The fourth-order valence-electron chi connectivity index (χ4n) is 3.13. The summed E-state index contributed by atoms with van der Waals surface area (Å²) >= 11 is 2.94. The number of piperazine rings is 1. The highest BCUT2D eigenvalue weighted by Crippen LogP contribution is 2.38. The third-order valence-electron chi connectivity index (χ3n) is 4.49. The summed E-state index contributed by atoms with van der Waals surface area (Å²) < 4.78 is 5.71. The molecule has 3 heterocycles. The fraction of sp³-hybridized carbons (Fsp3) is 0.300. The monoisotopic (exact) mass is 457 g/mol. The normalized spacial score (nSPS) is 13.7. The smallest absolute Gasteiger partial charge is 0.221 e. The number of carbonyl (C=O) groups excluding carboxylic acids is 1. The van der Waals surface area contributed by atoms with Gasteiger partial charge in [-0.1, -0.05) is 0 Å². The number of aromatic nitrogens is 3. The molecule has 4 rings (SSSR count). The highest BCUT2D eigenvalue weighted by Gasteiger charge is 2.23. The van der Waals surface area contributed by atoms with E-state index in [4.69, 9.17) is 14.7 Å². The van der Waals surface area contributed by atoms with Gasteiger partial charge in [0.2, 0.25) is 11.7 Å². The molecule has 0 saturated carbocycles. The van der Waals surface area contributed by atoms with Gasteiger partial charge in [-0.05, 0) is 36.0 Å². The van der Waals surface area contributed by atoms with Crippen LogP contribution in [0.1, 0.15) is 6.92 Å². The molecule has 31 heavy (non-hydrogen) atoms. The van der Waals surface area contributed by atoms with E-state index in [-0.39, 0.29) is 5.91 Å². The number of hydrogen-bond donors (Lipinski definition) is 3. The molecule has 1 aliphatic heterocycles. The van der Waals surface area contributed by atoms with E-state index >= 15 is 0 Å². The van der Waals surface area contributed by atoms with Crippen molar-refractivity contribution in [3.8, 4) is 5.75 Å². The lowest BCUT2D eigenvalue weighted by atomic mass is 10.3. The Morgan fingerprint density at radius 1 is 1.23 bits per heavy atom. The molecule has 0 bridgehead atoms. The standard InChI is InChI=1S/C20H23N7O2S2/c1-13(28)23-14-3-5-15(6-4-14)31-20-25-17(24-19-22-9-12-30-19)16(29-2)18(26-20)27-10-7-21-8-11-27/h3-6,9,12,21H,7-8,10-11H2,1-2H3,(H,23,28)(H,22,24,25,26). The highest BCUT2D eigenvalue weighted by atomic mass is 32.2. The molecule has 0 spiro atoms. The Hall–Kier alpha value is -2.89. The number of carbonyl (C=O) groups is 1. The van der Waals surface area contributed by atoms with Crippen LogP contribution < -0.4 is 25.6 Å². The number of nitrogens with zero attached hydrogens (tertiary/aromatic N) is 4. The molecule has 3 aromatic rings. The van der Waals surface area contributed by atoms with Gasteiger partial charge in [0.1, 0.15) is 0 Å². The van der Waals surface area contributed by atoms with Crippen LogP contribution in [0.3, 0.4) is 0 Å². The largest absolute Gasteiger partial charge is 0.490 e. The molecule has 1 aromatic carbocycles. The minimum absolute atomic E-state index is 0.0996. The van der Waals surface area contributed by atoms with Crippen molar-refractivity contribution in [2.24, 2.45) is 0 Å².